The Bertz CT molecular complexity index is 341. The highest BCUT2D eigenvalue weighted by molar-refractivity contribution is 5.79. The van der Waals surface area contributed by atoms with E-state index < -0.39 is 0 Å². The molecule has 0 radical (unpaired) electrons. The maximum atomic E-state index is 11.5. The summed E-state index contributed by atoms with van der Waals surface area (Å²) in [5, 5.41) is 0. The minimum Gasteiger partial charge on any atom is -0.300 e. The van der Waals surface area contributed by atoms with Gasteiger partial charge in [0.05, 0.1) is 0 Å². The molecule has 2 rings (SSSR count). The Morgan fingerprint density at radius 1 is 1.43 bits per heavy atom. The molecule has 14 heavy (non-hydrogen) atoms. The number of ketones is 1. The van der Waals surface area contributed by atoms with Gasteiger partial charge in [0.15, 0.2) is 0 Å². The summed E-state index contributed by atoms with van der Waals surface area (Å²) < 4.78 is 0. The molecule has 0 aliphatic heterocycles. The molecule has 0 bridgehead atoms. The van der Waals surface area contributed by atoms with Crippen molar-refractivity contribution in [3.8, 4) is 0 Å². The highest BCUT2D eigenvalue weighted by atomic mass is 16.1. The molecule has 1 aliphatic rings. The zero-order chi connectivity index (χ0) is 9.97. The van der Waals surface area contributed by atoms with E-state index in [0.717, 1.165) is 25.7 Å². The Kier molecular flexibility index (Phi) is 2.67. The second-order valence-corrected chi connectivity index (χ2v) is 4.09. The molecular weight excluding hydrogens is 172 g/mol. The van der Waals surface area contributed by atoms with Crippen molar-refractivity contribution in [2.45, 2.75) is 38.5 Å². The van der Waals surface area contributed by atoms with Crippen LogP contribution in [0.2, 0.25) is 0 Å². The number of carbonyl (C=O) groups excluding carboxylic acids is 1. The van der Waals surface area contributed by atoms with Gasteiger partial charge >= 0.3 is 0 Å². The maximum Gasteiger partial charge on any atom is 0.133 e. The normalized spacial score (nSPS) is 18.5. The number of fused-ring (bicyclic) bond motifs is 1. The van der Waals surface area contributed by atoms with Crippen LogP contribution in [0.4, 0.5) is 0 Å². The Morgan fingerprint density at radius 2 is 2.21 bits per heavy atom. The fourth-order valence-electron chi connectivity index (χ4n) is 2.20. The fourth-order valence-corrected chi connectivity index (χ4v) is 2.20. The summed E-state index contributed by atoms with van der Waals surface area (Å²) in [6, 6.07) is 8.46. The van der Waals surface area contributed by atoms with Crippen molar-refractivity contribution in [2.75, 3.05) is 0 Å². The molecule has 1 atom stereocenters. The van der Waals surface area contributed by atoms with Crippen molar-refractivity contribution >= 4 is 5.78 Å². The van der Waals surface area contributed by atoms with E-state index in [1.165, 1.54) is 11.1 Å². The standard InChI is InChI=1S/C13H16O/c1-2-5-12(14)9-11-8-10-6-3-4-7-13(10)11/h3-4,6-7,11H,2,5,8-9H2,1H3. The van der Waals surface area contributed by atoms with Gasteiger partial charge in [0.25, 0.3) is 0 Å². The molecule has 0 fully saturated rings. The zero-order valence-electron chi connectivity index (χ0n) is 8.62. The molecule has 74 valence electrons. The van der Waals surface area contributed by atoms with Gasteiger partial charge in [-0.3, -0.25) is 4.79 Å². The first-order valence-corrected chi connectivity index (χ1v) is 5.40. The quantitative estimate of drug-likeness (QED) is 0.709. The van der Waals surface area contributed by atoms with Crippen LogP contribution in [-0.2, 0) is 11.2 Å². The first-order chi connectivity index (χ1) is 6.81. The first-order valence-electron chi connectivity index (χ1n) is 5.40. The average Bonchev–Trinajstić information content (AvgIpc) is 2.15. The summed E-state index contributed by atoms with van der Waals surface area (Å²) in [6.45, 7) is 2.06. The Morgan fingerprint density at radius 3 is 2.93 bits per heavy atom. The summed E-state index contributed by atoms with van der Waals surface area (Å²) in [5.41, 5.74) is 2.83. The van der Waals surface area contributed by atoms with Crippen molar-refractivity contribution in [1.29, 1.82) is 0 Å². The van der Waals surface area contributed by atoms with Crippen LogP contribution in [0.3, 0.4) is 0 Å². The van der Waals surface area contributed by atoms with Gasteiger partial charge in [0, 0.05) is 12.8 Å². The topological polar surface area (TPSA) is 17.1 Å². The molecule has 0 heterocycles. The van der Waals surface area contributed by atoms with Gasteiger partial charge in [-0.1, -0.05) is 31.2 Å². The van der Waals surface area contributed by atoms with Crippen LogP contribution < -0.4 is 0 Å². The van der Waals surface area contributed by atoms with E-state index >= 15 is 0 Å². The summed E-state index contributed by atoms with van der Waals surface area (Å²) in [6.07, 6.45) is 3.59. The Labute approximate surface area is 85.1 Å². The van der Waals surface area contributed by atoms with Crippen LogP contribution in [-0.4, -0.2) is 5.78 Å². The van der Waals surface area contributed by atoms with E-state index in [1.807, 2.05) is 0 Å². The van der Waals surface area contributed by atoms with E-state index in [2.05, 4.69) is 31.2 Å². The molecule has 1 aromatic carbocycles. The van der Waals surface area contributed by atoms with E-state index in [0.29, 0.717) is 11.7 Å². The van der Waals surface area contributed by atoms with E-state index in [1.54, 1.807) is 0 Å². The molecule has 1 aromatic rings. The monoisotopic (exact) mass is 188 g/mol. The molecule has 0 saturated carbocycles. The Balaban J connectivity index is 1.96. The molecule has 0 spiro atoms. The minimum absolute atomic E-state index is 0.423. The van der Waals surface area contributed by atoms with Crippen LogP contribution in [0.5, 0.6) is 0 Å². The smallest absolute Gasteiger partial charge is 0.133 e. The fraction of sp³-hybridized carbons (Fsp3) is 0.462. The third kappa shape index (κ3) is 1.72. The zero-order valence-corrected chi connectivity index (χ0v) is 8.62. The van der Waals surface area contributed by atoms with Crippen molar-refractivity contribution in [3.05, 3.63) is 35.4 Å². The predicted octanol–water partition coefficient (Wildman–Crippen LogP) is 3.09. The van der Waals surface area contributed by atoms with Gasteiger partial charge in [0.2, 0.25) is 0 Å². The Hall–Kier alpha value is -1.11. The molecule has 0 amide bonds. The van der Waals surface area contributed by atoms with Gasteiger partial charge in [-0.15, -0.1) is 0 Å². The lowest BCUT2D eigenvalue weighted by Crippen LogP contribution is -2.19. The van der Waals surface area contributed by atoms with Crippen LogP contribution in [0.25, 0.3) is 0 Å². The molecular formula is C13H16O. The molecule has 1 aliphatic carbocycles. The summed E-state index contributed by atoms with van der Waals surface area (Å²) in [5.74, 6) is 0.942. The highest BCUT2D eigenvalue weighted by Crippen LogP contribution is 2.37. The van der Waals surface area contributed by atoms with E-state index in [-0.39, 0.29) is 0 Å². The second-order valence-electron chi connectivity index (χ2n) is 4.09. The van der Waals surface area contributed by atoms with Crippen molar-refractivity contribution in [1.82, 2.24) is 0 Å². The third-order valence-corrected chi connectivity index (χ3v) is 2.96. The van der Waals surface area contributed by atoms with E-state index in [4.69, 9.17) is 0 Å². The summed E-state index contributed by atoms with van der Waals surface area (Å²) >= 11 is 0. The molecule has 1 heteroatoms. The lowest BCUT2D eigenvalue weighted by Gasteiger charge is -2.29. The van der Waals surface area contributed by atoms with Gasteiger partial charge < -0.3 is 0 Å². The number of Topliss-reactive ketones (excluding diaryl/α,β-unsaturated/α-hetero) is 1. The van der Waals surface area contributed by atoms with Crippen molar-refractivity contribution in [2.24, 2.45) is 0 Å². The predicted molar refractivity (Wildman–Crippen MR) is 57.4 cm³/mol. The minimum atomic E-state index is 0.423. The van der Waals surface area contributed by atoms with Crippen LogP contribution in [0.1, 0.15) is 43.2 Å². The lowest BCUT2D eigenvalue weighted by atomic mass is 9.75. The van der Waals surface area contributed by atoms with E-state index in [9.17, 15) is 4.79 Å². The number of hydrogen-bond donors (Lipinski definition) is 0. The largest absolute Gasteiger partial charge is 0.300 e. The summed E-state index contributed by atoms with van der Waals surface area (Å²) in [4.78, 5) is 11.5. The molecule has 1 unspecified atom stereocenters. The maximum absolute atomic E-state index is 11.5. The van der Waals surface area contributed by atoms with Gasteiger partial charge in [-0.05, 0) is 29.9 Å². The van der Waals surface area contributed by atoms with Crippen molar-refractivity contribution in [3.63, 3.8) is 0 Å². The lowest BCUT2D eigenvalue weighted by molar-refractivity contribution is -0.119. The highest BCUT2D eigenvalue weighted by Gasteiger charge is 2.26. The van der Waals surface area contributed by atoms with Crippen LogP contribution in [0, 0.1) is 0 Å². The van der Waals surface area contributed by atoms with Gasteiger partial charge in [-0.2, -0.15) is 0 Å². The molecule has 0 saturated heterocycles. The van der Waals surface area contributed by atoms with Crippen LogP contribution in [0.15, 0.2) is 24.3 Å². The number of benzene rings is 1. The second kappa shape index (κ2) is 3.95. The van der Waals surface area contributed by atoms with Gasteiger partial charge in [0.1, 0.15) is 5.78 Å². The average molecular weight is 188 g/mol. The molecule has 0 N–H and O–H groups in total. The molecule has 1 nitrogen and oxygen atoms in total. The van der Waals surface area contributed by atoms with Crippen molar-refractivity contribution < 1.29 is 4.79 Å². The number of carbonyl (C=O) groups is 1. The van der Waals surface area contributed by atoms with Crippen LogP contribution >= 0.6 is 0 Å². The molecule has 0 aromatic heterocycles. The number of rotatable bonds is 4. The summed E-state index contributed by atoms with van der Waals surface area (Å²) in [7, 11) is 0. The number of hydrogen-bond acceptors (Lipinski definition) is 1. The third-order valence-electron chi connectivity index (χ3n) is 2.96. The van der Waals surface area contributed by atoms with Gasteiger partial charge in [-0.25, -0.2) is 0 Å². The SMILES string of the molecule is CCCC(=O)CC1Cc2ccccc21. The first kappa shape index (κ1) is 9.45.